The van der Waals surface area contributed by atoms with Crippen LogP contribution in [-0.4, -0.2) is 19.1 Å². The molecule has 1 N–H and O–H groups in total. The van der Waals surface area contributed by atoms with Gasteiger partial charge >= 0.3 is 0 Å². The summed E-state index contributed by atoms with van der Waals surface area (Å²) in [6.45, 7) is 2.01. The summed E-state index contributed by atoms with van der Waals surface area (Å²) in [6, 6.07) is 12.3. The summed E-state index contributed by atoms with van der Waals surface area (Å²) in [4.78, 5) is 4.60. The topological polar surface area (TPSA) is 34.1 Å². The van der Waals surface area contributed by atoms with Gasteiger partial charge in [-0.05, 0) is 56.3 Å². The number of methoxy groups -OCH3 is 1. The standard InChI is InChI=1S/C16H19BrN2O/c1-11-5-4-6-14(19-11)15(18-2)10-12-9-13(17)7-8-16(12)20-3/h4-9,15,18H,10H2,1-3H3. The maximum atomic E-state index is 5.44. The van der Waals surface area contributed by atoms with Gasteiger partial charge < -0.3 is 10.1 Å². The predicted molar refractivity (Wildman–Crippen MR) is 85.2 cm³/mol. The van der Waals surface area contributed by atoms with Crippen LogP contribution >= 0.6 is 15.9 Å². The Morgan fingerprint density at radius 2 is 2.10 bits per heavy atom. The average molecular weight is 335 g/mol. The van der Waals surface area contributed by atoms with E-state index in [4.69, 9.17) is 4.74 Å². The van der Waals surface area contributed by atoms with Crippen LogP contribution in [0.2, 0.25) is 0 Å². The van der Waals surface area contributed by atoms with E-state index in [2.05, 4.69) is 38.4 Å². The number of ether oxygens (including phenoxy) is 1. The number of rotatable bonds is 5. The molecular weight excluding hydrogens is 316 g/mol. The predicted octanol–water partition coefficient (Wildman–Crippen LogP) is 3.66. The van der Waals surface area contributed by atoms with Gasteiger partial charge in [-0.15, -0.1) is 0 Å². The van der Waals surface area contributed by atoms with Gasteiger partial charge in [0.05, 0.1) is 18.8 Å². The van der Waals surface area contributed by atoms with Crippen molar-refractivity contribution in [3.63, 3.8) is 0 Å². The lowest BCUT2D eigenvalue weighted by Gasteiger charge is -2.18. The molecule has 0 aliphatic heterocycles. The number of likely N-dealkylation sites (N-methyl/N-ethyl adjacent to an activating group) is 1. The van der Waals surface area contributed by atoms with Crippen LogP contribution in [0.3, 0.4) is 0 Å². The summed E-state index contributed by atoms with van der Waals surface area (Å²) in [5.41, 5.74) is 3.24. The zero-order valence-corrected chi connectivity index (χ0v) is 13.6. The van der Waals surface area contributed by atoms with Crippen LogP contribution in [0.15, 0.2) is 40.9 Å². The molecular formula is C16H19BrN2O. The van der Waals surface area contributed by atoms with Gasteiger partial charge in [-0.2, -0.15) is 0 Å². The second kappa shape index (κ2) is 6.86. The fraction of sp³-hybridized carbons (Fsp3) is 0.312. The molecule has 1 aromatic carbocycles. The van der Waals surface area contributed by atoms with E-state index in [0.717, 1.165) is 33.6 Å². The van der Waals surface area contributed by atoms with Gasteiger partial charge in [0, 0.05) is 10.2 Å². The number of halogens is 1. The number of nitrogens with zero attached hydrogens (tertiary/aromatic N) is 1. The average Bonchev–Trinajstić information content (AvgIpc) is 2.45. The van der Waals surface area contributed by atoms with E-state index in [1.807, 2.05) is 38.2 Å². The van der Waals surface area contributed by atoms with Gasteiger partial charge in [-0.3, -0.25) is 4.98 Å². The molecule has 0 radical (unpaired) electrons. The molecule has 106 valence electrons. The van der Waals surface area contributed by atoms with E-state index in [0.29, 0.717) is 0 Å². The molecule has 0 saturated heterocycles. The van der Waals surface area contributed by atoms with Gasteiger partial charge in [-0.25, -0.2) is 0 Å². The van der Waals surface area contributed by atoms with Crippen molar-refractivity contribution in [2.24, 2.45) is 0 Å². The highest BCUT2D eigenvalue weighted by Crippen LogP contribution is 2.27. The van der Waals surface area contributed by atoms with Crippen LogP contribution in [0, 0.1) is 6.92 Å². The summed E-state index contributed by atoms with van der Waals surface area (Å²) in [7, 11) is 3.66. The van der Waals surface area contributed by atoms with Crippen LogP contribution < -0.4 is 10.1 Å². The number of nitrogens with one attached hydrogen (secondary N) is 1. The lowest BCUT2D eigenvalue weighted by atomic mass is 10.0. The Labute approximate surface area is 128 Å². The molecule has 0 spiro atoms. The smallest absolute Gasteiger partial charge is 0.122 e. The fourth-order valence-electron chi connectivity index (χ4n) is 2.24. The molecule has 1 atom stereocenters. The molecule has 0 bridgehead atoms. The third-order valence-electron chi connectivity index (χ3n) is 3.28. The lowest BCUT2D eigenvalue weighted by molar-refractivity contribution is 0.406. The van der Waals surface area contributed by atoms with E-state index in [9.17, 15) is 0 Å². The maximum absolute atomic E-state index is 5.44. The van der Waals surface area contributed by atoms with Crippen LogP contribution in [0.1, 0.15) is 23.0 Å². The van der Waals surface area contributed by atoms with E-state index >= 15 is 0 Å². The minimum atomic E-state index is 0.165. The van der Waals surface area contributed by atoms with Crippen molar-refractivity contribution in [2.75, 3.05) is 14.2 Å². The number of benzene rings is 1. The van der Waals surface area contributed by atoms with Crippen LogP contribution in [0.4, 0.5) is 0 Å². The second-order valence-electron chi connectivity index (χ2n) is 4.71. The molecule has 4 heteroatoms. The Morgan fingerprint density at radius 3 is 2.75 bits per heavy atom. The number of hydrogen-bond acceptors (Lipinski definition) is 3. The Morgan fingerprint density at radius 1 is 1.30 bits per heavy atom. The normalized spacial score (nSPS) is 12.2. The first-order chi connectivity index (χ1) is 9.63. The molecule has 1 unspecified atom stereocenters. The number of hydrogen-bond donors (Lipinski definition) is 1. The quantitative estimate of drug-likeness (QED) is 0.905. The molecule has 2 aromatic rings. The number of aryl methyl sites for hydroxylation is 1. The lowest BCUT2D eigenvalue weighted by Crippen LogP contribution is -2.20. The van der Waals surface area contributed by atoms with Crippen LogP contribution in [0.25, 0.3) is 0 Å². The van der Waals surface area contributed by atoms with Crippen molar-refractivity contribution in [2.45, 2.75) is 19.4 Å². The molecule has 20 heavy (non-hydrogen) atoms. The van der Waals surface area contributed by atoms with Gasteiger partial charge in [0.1, 0.15) is 5.75 Å². The van der Waals surface area contributed by atoms with Crippen LogP contribution in [-0.2, 0) is 6.42 Å². The van der Waals surface area contributed by atoms with Crippen molar-refractivity contribution in [3.05, 3.63) is 57.8 Å². The molecule has 1 heterocycles. The Hall–Kier alpha value is -1.39. The van der Waals surface area contributed by atoms with Gasteiger partial charge in [0.15, 0.2) is 0 Å². The van der Waals surface area contributed by atoms with E-state index in [1.165, 1.54) is 0 Å². The Balaban J connectivity index is 2.28. The highest BCUT2D eigenvalue weighted by molar-refractivity contribution is 9.10. The zero-order valence-electron chi connectivity index (χ0n) is 12.0. The zero-order chi connectivity index (χ0) is 14.5. The van der Waals surface area contributed by atoms with Crippen molar-refractivity contribution >= 4 is 15.9 Å². The van der Waals surface area contributed by atoms with Gasteiger partial charge in [0.25, 0.3) is 0 Å². The number of pyridine rings is 1. The first kappa shape index (κ1) is 15.0. The summed E-state index contributed by atoms with van der Waals surface area (Å²) in [5, 5.41) is 3.33. The monoisotopic (exact) mass is 334 g/mol. The molecule has 0 saturated carbocycles. The van der Waals surface area contributed by atoms with Crippen molar-refractivity contribution < 1.29 is 4.74 Å². The van der Waals surface area contributed by atoms with Crippen molar-refractivity contribution in [1.82, 2.24) is 10.3 Å². The third kappa shape index (κ3) is 3.58. The first-order valence-electron chi connectivity index (χ1n) is 6.57. The largest absolute Gasteiger partial charge is 0.496 e. The van der Waals surface area contributed by atoms with Gasteiger partial charge in [-0.1, -0.05) is 22.0 Å². The molecule has 0 fully saturated rings. The van der Waals surface area contributed by atoms with Gasteiger partial charge in [0.2, 0.25) is 0 Å². The summed E-state index contributed by atoms with van der Waals surface area (Å²) < 4.78 is 6.49. The second-order valence-corrected chi connectivity index (χ2v) is 5.62. The van der Waals surface area contributed by atoms with Crippen molar-refractivity contribution in [3.8, 4) is 5.75 Å². The highest BCUT2D eigenvalue weighted by atomic mass is 79.9. The maximum Gasteiger partial charge on any atom is 0.122 e. The van der Waals surface area contributed by atoms with E-state index < -0.39 is 0 Å². The van der Waals surface area contributed by atoms with E-state index in [-0.39, 0.29) is 6.04 Å². The first-order valence-corrected chi connectivity index (χ1v) is 7.36. The SMILES string of the molecule is CNC(Cc1cc(Br)ccc1OC)c1cccc(C)n1. The Kier molecular flexibility index (Phi) is 5.15. The minimum Gasteiger partial charge on any atom is -0.496 e. The molecule has 0 amide bonds. The number of aromatic nitrogens is 1. The fourth-order valence-corrected chi connectivity index (χ4v) is 2.65. The summed E-state index contributed by atoms with van der Waals surface area (Å²) in [6.07, 6.45) is 0.829. The highest BCUT2D eigenvalue weighted by Gasteiger charge is 2.14. The summed E-state index contributed by atoms with van der Waals surface area (Å²) in [5.74, 6) is 0.904. The van der Waals surface area contributed by atoms with Crippen molar-refractivity contribution in [1.29, 1.82) is 0 Å². The van der Waals surface area contributed by atoms with E-state index in [1.54, 1.807) is 7.11 Å². The molecule has 0 aliphatic carbocycles. The third-order valence-corrected chi connectivity index (χ3v) is 3.78. The molecule has 3 nitrogen and oxygen atoms in total. The molecule has 0 aliphatic rings. The molecule has 2 rings (SSSR count). The molecule has 1 aromatic heterocycles. The van der Waals surface area contributed by atoms with Crippen LogP contribution in [0.5, 0.6) is 5.75 Å². The minimum absolute atomic E-state index is 0.165. The summed E-state index contributed by atoms with van der Waals surface area (Å²) >= 11 is 3.51. The Bertz CT molecular complexity index is 586.